The quantitative estimate of drug-likeness (QED) is 0.226. The molecule has 0 aliphatic rings. The molecule has 0 spiro atoms. The number of hydrogen-bond donors (Lipinski definition) is 2. The molecule has 23 heteroatoms. The molecule has 0 fully saturated rings. The number of anilines is 1. The van der Waals surface area contributed by atoms with Gasteiger partial charge in [-0.15, -0.1) is 0 Å². The molecular formula is C23H31N7O14Y2-4. The Labute approximate surface area is 312 Å². The number of nitrogens with one attached hydrogen (secondary N) is 6. The van der Waals surface area contributed by atoms with Crippen LogP contribution in [0.2, 0.25) is 0 Å². The number of aryl methyl sites for hydroxylation is 1. The Hall–Kier alpha value is -3.55. The Morgan fingerprint density at radius 1 is 0.783 bits per heavy atom. The average Bonchev–Trinajstić information content (AvgIpc) is 2.87. The molecule has 252 valence electrons. The van der Waals surface area contributed by atoms with Gasteiger partial charge in [-0.3, -0.25) is 33.6 Å². The number of aromatic amines is 1. The first-order valence-electron chi connectivity index (χ1n) is 11.8. The number of Topliss-reactive ketones (excluding diaryl/α,β-unsaturated/α-hetero) is 2. The largest absolute Gasteiger partial charge is 0.632 e. The molecule has 1 aromatic heterocycles. The Bertz CT molecular complexity index is 1200. The van der Waals surface area contributed by atoms with E-state index in [0.29, 0.717) is 11.3 Å². The van der Waals surface area contributed by atoms with Gasteiger partial charge in [-0.2, -0.15) is 0 Å². The third kappa shape index (κ3) is 24.7. The van der Waals surface area contributed by atoms with Crippen molar-refractivity contribution in [1.29, 1.82) is 0 Å². The third-order valence-corrected chi connectivity index (χ3v) is 4.41. The normalized spacial score (nSPS) is 10.4. The number of carbonyl (C=O) groups is 8. The monoisotopic (exact) mass is 807 g/mol. The number of rotatable bonds is 12. The van der Waals surface area contributed by atoms with Crippen molar-refractivity contribution in [3.8, 4) is 0 Å². The van der Waals surface area contributed by atoms with Gasteiger partial charge in [0.2, 0.25) is 30.5 Å². The Balaban J connectivity index is -0.000000288. The van der Waals surface area contributed by atoms with Gasteiger partial charge < -0.3 is 56.9 Å². The Kier molecular flexibility index (Phi) is 28.6. The van der Waals surface area contributed by atoms with Crippen molar-refractivity contribution in [2.75, 3.05) is 26.1 Å². The molecule has 0 aliphatic heterocycles. The molecule has 46 heavy (non-hydrogen) atoms. The summed E-state index contributed by atoms with van der Waals surface area (Å²) in [6, 6.07) is -1.09. The second-order valence-electron chi connectivity index (χ2n) is 7.97. The van der Waals surface area contributed by atoms with Crippen molar-refractivity contribution >= 4 is 53.8 Å². The zero-order chi connectivity index (χ0) is 34.6. The van der Waals surface area contributed by atoms with Crippen LogP contribution in [0.15, 0.2) is 4.79 Å². The van der Waals surface area contributed by atoms with Gasteiger partial charge >= 0.3 is 11.9 Å². The summed E-state index contributed by atoms with van der Waals surface area (Å²) in [5.41, 5.74) is 26.2. The first-order valence-corrected chi connectivity index (χ1v) is 11.8. The molecule has 0 saturated carbocycles. The molecule has 0 aromatic carbocycles. The van der Waals surface area contributed by atoms with E-state index in [4.69, 9.17) is 22.9 Å². The van der Waals surface area contributed by atoms with Crippen molar-refractivity contribution in [2.45, 2.75) is 52.2 Å². The fourth-order valence-electron chi connectivity index (χ4n) is 2.71. The minimum Gasteiger partial charge on any atom is -0.632 e. The standard InChI is InChI=1S/C9H13N5O4.2C7H11NO5.2Y/c1-4-5(2-3-18-8(11)17)6(15)13-9(12-4)14-7(10)16;2*1-4(9)3-5(6(10)12-2)13-7(8)11;;/h2-3H2,1H3,(H6,10,11,12,13,14,15,16,17);2*5H,3H2,1-2H3,(H2,8,11);;/p-4. The van der Waals surface area contributed by atoms with Gasteiger partial charge in [0.1, 0.15) is 17.5 Å². The van der Waals surface area contributed by atoms with Crippen LogP contribution >= 0.6 is 0 Å². The fourth-order valence-corrected chi connectivity index (χ4v) is 2.71. The van der Waals surface area contributed by atoms with Gasteiger partial charge in [0.05, 0.1) is 33.7 Å². The van der Waals surface area contributed by atoms with E-state index >= 15 is 0 Å². The number of aromatic nitrogens is 2. The molecule has 6 N–H and O–H groups in total. The molecule has 21 nitrogen and oxygen atoms in total. The molecule has 1 rings (SSSR count). The SMILES string of the molecule is COC(=O)C(CC(C)=O)OC([NH-])=O.COC(=O)C(CC(C)=O)OC([NH-])=O.Cc1nc(NC([NH-])=O)[nH]c(=O)c1CCOC([NH-])=O.[Y].[Y]. The van der Waals surface area contributed by atoms with E-state index in [0.717, 1.165) is 14.2 Å². The van der Waals surface area contributed by atoms with Crippen molar-refractivity contribution in [1.82, 2.24) is 9.97 Å². The van der Waals surface area contributed by atoms with E-state index in [-0.39, 0.29) is 109 Å². The van der Waals surface area contributed by atoms with Gasteiger partial charge in [0, 0.05) is 83.1 Å². The summed E-state index contributed by atoms with van der Waals surface area (Å²) in [5, 5.41) is 2.03. The summed E-state index contributed by atoms with van der Waals surface area (Å²) in [4.78, 5) is 102. The van der Waals surface area contributed by atoms with Crippen LogP contribution in [0.5, 0.6) is 0 Å². The number of esters is 2. The molecule has 2 radical (unpaired) electrons. The minimum atomic E-state index is -1.36. The van der Waals surface area contributed by atoms with Crippen molar-refractivity contribution in [3.05, 3.63) is 44.5 Å². The topological polar surface area (TPSA) is 336 Å². The number of urea groups is 1. The maximum absolute atomic E-state index is 11.6. The first-order chi connectivity index (χ1) is 20.3. The molecular weight excluding hydrogens is 776 g/mol. The Morgan fingerprint density at radius 3 is 1.48 bits per heavy atom. The minimum absolute atomic E-state index is 0. The first kappa shape index (κ1) is 49.3. The van der Waals surface area contributed by atoms with E-state index in [1.165, 1.54) is 13.8 Å². The van der Waals surface area contributed by atoms with Gasteiger partial charge in [-0.1, -0.05) is 0 Å². The number of hydrogen-bond acceptors (Lipinski definition) is 15. The second kappa shape index (κ2) is 26.6. The molecule has 1 heterocycles. The van der Waals surface area contributed by atoms with Crippen molar-refractivity contribution in [2.24, 2.45) is 0 Å². The van der Waals surface area contributed by atoms with Crippen LogP contribution in [0.25, 0.3) is 22.9 Å². The van der Waals surface area contributed by atoms with Crippen LogP contribution in [-0.2, 0) is 115 Å². The number of H-pyrrole nitrogens is 1. The van der Waals surface area contributed by atoms with Crippen LogP contribution in [0.3, 0.4) is 0 Å². The number of amides is 5. The van der Waals surface area contributed by atoms with E-state index in [1.54, 1.807) is 6.92 Å². The summed E-state index contributed by atoms with van der Waals surface area (Å²) in [5.74, 6) is -2.43. The number of carbonyl (C=O) groups excluding carboxylic acids is 8. The molecule has 1 aromatic rings. The van der Waals surface area contributed by atoms with Crippen LogP contribution < -0.4 is 10.9 Å². The maximum Gasteiger partial charge on any atom is 0.347 e. The molecule has 5 amide bonds. The predicted octanol–water partition coefficient (Wildman–Crippen LogP) is 2.78. The van der Waals surface area contributed by atoms with Gasteiger partial charge in [-0.25, -0.2) is 14.6 Å². The summed E-state index contributed by atoms with van der Waals surface area (Å²) < 4.78 is 21.4. The Morgan fingerprint density at radius 2 is 1.20 bits per heavy atom. The van der Waals surface area contributed by atoms with Gasteiger partial charge in [0.15, 0.2) is 6.03 Å². The van der Waals surface area contributed by atoms with Crippen molar-refractivity contribution < 1.29 is 127 Å². The zero-order valence-corrected chi connectivity index (χ0v) is 31.0. The predicted molar refractivity (Wildman–Crippen MR) is 146 cm³/mol. The van der Waals surface area contributed by atoms with E-state index < -0.39 is 54.0 Å². The number of nitrogens with zero attached hydrogens (tertiary/aromatic N) is 1. The smallest absolute Gasteiger partial charge is 0.347 e. The van der Waals surface area contributed by atoms with Gasteiger partial charge in [0.25, 0.3) is 5.56 Å². The van der Waals surface area contributed by atoms with Crippen LogP contribution in [-0.4, -0.2) is 90.8 Å². The number of ether oxygens (including phenoxy) is 5. The van der Waals surface area contributed by atoms with Crippen LogP contribution in [0.1, 0.15) is 37.9 Å². The van der Waals surface area contributed by atoms with Crippen LogP contribution in [0, 0.1) is 6.92 Å². The van der Waals surface area contributed by atoms with Crippen molar-refractivity contribution in [3.63, 3.8) is 0 Å². The molecule has 2 atom stereocenters. The zero-order valence-electron chi connectivity index (χ0n) is 25.3. The molecule has 0 bridgehead atoms. The van der Waals surface area contributed by atoms with Crippen LogP contribution in [0.4, 0.5) is 25.1 Å². The molecule has 0 aliphatic carbocycles. The third-order valence-electron chi connectivity index (χ3n) is 4.41. The molecule has 0 saturated heterocycles. The number of methoxy groups -OCH3 is 2. The summed E-state index contributed by atoms with van der Waals surface area (Å²) in [6.07, 6.45) is -6.91. The fraction of sp³-hybridized carbons (Fsp3) is 0.478. The summed E-state index contributed by atoms with van der Waals surface area (Å²) in [6.45, 7) is 3.94. The number of ketones is 2. The second-order valence-corrected chi connectivity index (χ2v) is 7.97. The van der Waals surface area contributed by atoms with E-state index in [2.05, 4.69) is 33.7 Å². The van der Waals surface area contributed by atoms with Gasteiger partial charge in [-0.05, 0) is 20.8 Å². The summed E-state index contributed by atoms with van der Waals surface area (Å²) >= 11 is 0. The molecule has 2 unspecified atom stereocenters. The average molecular weight is 807 g/mol. The summed E-state index contributed by atoms with van der Waals surface area (Å²) in [7, 11) is 2.21. The van der Waals surface area contributed by atoms with E-state index in [9.17, 15) is 43.2 Å². The van der Waals surface area contributed by atoms with E-state index in [1.807, 2.05) is 5.32 Å². The maximum atomic E-state index is 11.6.